The Morgan fingerprint density at radius 2 is 1.88 bits per heavy atom. The number of hydrogen-bond donors (Lipinski definition) is 1. The average molecular weight is 356 g/mol. The average Bonchev–Trinajstić information content (AvgIpc) is 2.65. The molecule has 2 nitrogen and oxygen atoms in total. The molecule has 0 spiro atoms. The van der Waals surface area contributed by atoms with Crippen molar-refractivity contribution in [2.45, 2.75) is 37.6 Å². The second kappa shape index (κ2) is 8.39. The minimum Gasteiger partial charge on any atom is -0.396 e. The van der Waals surface area contributed by atoms with E-state index in [4.69, 9.17) is 0 Å². The van der Waals surface area contributed by atoms with Crippen molar-refractivity contribution in [1.82, 2.24) is 4.90 Å². The van der Waals surface area contributed by atoms with Crippen molar-refractivity contribution in [1.29, 1.82) is 0 Å². The van der Waals surface area contributed by atoms with E-state index in [1.807, 2.05) is 0 Å². The van der Waals surface area contributed by atoms with Gasteiger partial charge >= 0.3 is 0 Å². The molecule has 25 heavy (non-hydrogen) atoms. The van der Waals surface area contributed by atoms with Crippen LogP contribution in [0.15, 0.2) is 53.4 Å². The minimum absolute atomic E-state index is 0.0103. The number of thioether (sulfide) groups is 1. The van der Waals surface area contributed by atoms with Crippen LogP contribution in [0.4, 0.5) is 0 Å². The van der Waals surface area contributed by atoms with Gasteiger partial charge < -0.3 is 5.11 Å². The highest BCUT2D eigenvalue weighted by Crippen LogP contribution is 2.34. The van der Waals surface area contributed by atoms with E-state index in [0.29, 0.717) is 0 Å². The third kappa shape index (κ3) is 4.66. The second-order valence-electron chi connectivity index (χ2n) is 7.42. The van der Waals surface area contributed by atoms with Gasteiger partial charge in [-0.1, -0.05) is 36.4 Å². The molecule has 1 heterocycles. The zero-order valence-corrected chi connectivity index (χ0v) is 16.2. The number of rotatable bonds is 6. The molecule has 0 unspecified atom stereocenters. The number of aliphatic hydroxyl groups is 1. The van der Waals surface area contributed by atoms with E-state index < -0.39 is 0 Å². The number of nitrogens with zero attached hydrogens (tertiary/aromatic N) is 1. The second-order valence-corrected chi connectivity index (χ2v) is 8.30. The first-order valence-electron chi connectivity index (χ1n) is 9.15. The van der Waals surface area contributed by atoms with Gasteiger partial charge in [-0.2, -0.15) is 0 Å². The zero-order chi connectivity index (χ0) is 17.7. The van der Waals surface area contributed by atoms with Gasteiger partial charge in [0.1, 0.15) is 0 Å². The summed E-state index contributed by atoms with van der Waals surface area (Å²) in [7, 11) is 0. The lowest BCUT2D eigenvalue weighted by atomic mass is 9.75. The molecule has 134 valence electrons. The molecule has 2 aromatic carbocycles. The van der Waals surface area contributed by atoms with E-state index in [0.717, 1.165) is 38.9 Å². The van der Waals surface area contributed by atoms with Crippen LogP contribution in [0.25, 0.3) is 0 Å². The highest BCUT2D eigenvalue weighted by Gasteiger charge is 2.35. The summed E-state index contributed by atoms with van der Waals surface area (Å²) in [5.41, 5.74) is 4.06. The molecule has 1 atom stereocenters. The molecule has 1 saturated heterocycles. The molecule has 0 radical (unpaired) electrons. The smallest absolute Gasteiger partial charge is 0.0502 e. The van der Waals surface area contributed by atoms with Gasteiger partial charge in [0.15, 0.2) is 0 Å². The van der Waals surface area contributed by atoms with Crippen LogP contribution >= 0.6 is 11.8 Å². The molecule has 1 fully saturated rings. The topological polar surface area (TPSA) is 23.5 Å². The molecule has 0 saturated carbocycles. The first-order valence-corrected chi connectivity index (χ1v) is 10.4. The summed E-state index contributed by atoms with van der Waals surface area (Å²) >= 11 is 1.78. The number of piperidine rings is 1. The lowest BCUT2D eigenvalue weighted by molar-refractivity contribution is 0.0287. The maximum absolute atomic E-state index is 10.2. The normalized spacial score (nSPS) is 21.4. The van der Waals surface area contributed by atoms with Gasteiger partial charge in [0.25, 0.3) is 0 Å². The van der Waals surface area contributed by atoms with Crippen LogP contribution in [0.1, 0.15) is 29.5 Å². The van der Waals surface area contributed by atoms with Crippen LogP contribution in [0, 0.1) is 12.3 Å². The van der Waals surface area contributed by atoms with E-state index >= 15 is 0 Å². The first kappa shape index (κ1) is 18.5. The predicted molar refractivity (Wildman–Crippen MR) is 107 cm³/mol. The number of benzene rings is 2. The Kier molecular flexibility index (Phi) is 6.21. The number of likely N-dealkylation sites (tertiary alicyclic amines) is 1. The van der Waals surface area contributed by atoms with Gasteiger partial charge in [0, 0.05) is 23.4 Å². The maximum atomic E-state index is 10.2. The molecule has 0 aromatic heterocycles. The Morgan fingerprint density at radius 3 is 2.56 bits per heavy atom. The summed E-state index contributed by atoms with van der Waals surface area (Å²) in [4.78, 5) is 3.83. The summed E-state index contributed by atoms with van der Waals surface area (Å²) < 4.78 is 0. The molecule has 0 amide bonds. The van der Waals surface area contributed by atoms with Gasteiger partial charge in [-0.15, -0.1) is 11.8 Å². The standard InChI is InChI=1S/C22H29NOS/c1-18-6-3-4-7-20(18)14-22(17-24)12-5-13-23(16-22)15-19-8-10-21(25-2)11-9-19/h3-4,6-11,24H,5,12-17H2,1-2H3/t22-/m1/s1. The maximum Gasteiger partial charge on any atom is 0.0502 e. The van der Waals surface area contributed by atoms with Crippen LogP contribution < -0.4 is 0 Å². The molecular weight excluding hydrogens is 326 g/mol. The van der Waals surface area contributed by atoms with Gasteiger partial charge in [0.05, 0.1) is 6.61 Å². The van der Waals surface area contributed by atoms with E-state index in [2.05, 4.69) is 66.6 Å². The van der Waals surface area contributed by atoms with Crippen LogP contribution in [0.3, 0.4) is 0 Å². The van der Waals surface area contributed by atoms with Crippen molar-refractivity contribution < 1.29 is 5.11 Å². The van der Waals surface area contributed by atoms with Crippen LogP contribution in [0.5, 0.6) is 0 Å². The lowest BCUT2D eigenvalue weighted by Crippen LogP contribution is -2.46. The first-order chi connectivity index (χ1) is 12.1. The van der Waals surface area contributed by atoms with Gasteiger partial charge in [-0.05, 0) is 67.8 Å². The summed E-state index contributed by atoms with van der Waals surface area (Å²) in [5.74, 6) is 0. The number of aryl methyl sites for hydroxylation is 1. The lowest BCUT2D eigenvalue weighted by Gasteiger charge is -2.42. The fourth-order valence-electron chi connectivity index (χ4n) is 3.98. The van der Waals surface area contributed by atoms with Crippen molar-refractivity contribution >= 4 is 11.8 Å². The van der Waals surface area contributed by atoms with Crippen LogP contribution in [0.2, 0.25) is 0 Å². The van der Waals surface area contributed by atoms with Crippen LogP contribution in [-0.4, -0.2) is 36.0 Å². The SMILES string of the molecule is CSc1ccc(CN2CCC[C@@](CO)(Cc3ccccc3C)C2)cc1. The molecule has 0 aliphatic carbocycles. The molecule has 1 N–H and O–H groups in total. The van der Waals surface area contributed by atoms with Crippen molar-refractivity contribution in [3.63, 3.8) is 0 Å². The van der Waals surface area contributed by atoms with E-state index in [9.17, 15) is 5.11 Å². The highest BCUT2D eigenvalue weighted by molar-refractivity contribution is 7.98. The summed E-state index contributed by atoms with van der Waals surface area (Å²) in [6.45, 7) is 5.52. The Balaban J connectivity index is 1.70. The molecule has 3 heteroatoms. The Labute approximate surface area is 156 Å². The molecule has 1 aliphatic heterocycles. The van der Waals surface area contributed by atoms with E-state index in [-0.39, 0.29) is 12.0 Å². The summed E-state index contributed by atoms with van der Waals surface area (Å²) in [6, 6.07) is 17.5. The number of hydrogen-bond acceptors (Lipinski definition) is 3. The number of aliphatic hydroxyl groups excluding tert-OH is 1. The van der Waals surface area contributed by atoms with E-state index in [1.165, 1.54) is 21.6 Å². The largest absolute Gasteiger partial charge is 0.396 e. The van der Waals surface area contributed by atoms with Crippen molar-refractivity contribution in [3.05, 3.63) is 65.2 Å². The molecule has 3 rings (SSSR count). The summed E-state index contributed by atoms with van der Waals surface area (Å²) in [5, 5.41) is 10.2. The van der Waals surface area contributed by atoms with Crippen molar-refractivity contribution in [3.8, 4) is 0 Å². The van der Waals surface area contributed by atoms with E-state index in [1.54, 1.807) is 11.8 Å². The monoisotopic (exact) mass is 355 g/mol. The third-order valence-corrected chi connectivity index (χ3v) is 6.21. The predicted octanol–water partition coefficient (Wildman–Crippen LogP) is 4.53. The quantitative estimate of drug-likeness (QED) is 0.770. The molecule has 0 bridgehead atoms. The fourth-order valence-corrected chi connectivity index (χ4v) is 4.38. The van der Waals surface area contributed by atoms with Gasteiger partial charge in [0.2, 0.25) is 0 Å². The molecule has 2 aromatic rings. The summed E-state index contributed by atoms with van der Waals surface area (Å²) in [6.07, 6.45) is 5.36. The zero-order valence-electron chi connectivity index (χ0n) is 15.4. The van der Waals surface area contributed by atoms with Crippen molar-refractivity contribution in [2.75, 3.05) is 26.0 Å². The molecule has 1 aliphatic rings. The highest BCUT2D eigenvalue weighted by atomic mass is 32.2. The molecular formula is C22H29NOS. The minimum atomic E-state index is -0.0103. The third-order valence-electron chi connectivity index (χ3n) is 5.47. The van der Waals surface area contributed by atoms with Gasteiger partial charge in [-0.25, -0.2) is 0 Å². The van der Waals surface area contributed by atoms with Gasteiger partial charge in [-0.3, -0.25) is 4.90 Å². The Morgan fingerprint density at radius 1 is 1.12 bits per heavy atom. The Bertz CT molecular complexity index is 685. The van der Waals surface area contributed by atoms with Crippen LogP contribution in [-0.2, 0) is 13.0 Å². The fraction of sp³-hybridized carbons (Fsp3) is 0.455. The van der Waals surface area contributed by atoms with Crippen molar-refractivity contribution in [2.24, 2.45) is 5.41 Å². The Hall–Kier alpha value is -1.29.